The summed E-state index contributed by atoms with van der Waals surface area (Å²) in [5.41, 5.74) is 0. The van der Waals surface area contributed by atoms with Gasteiger partial charge < -0.3 is 24.8 Å². The van der Waals surface area contributed by atoms with E-state index in [0.717, 1.165) is 12.8 Å². The molecule has 0 aromatic heterocycles. The van der Waals surface area contributed by atoms with E-state index in [-0.39, 0.29) is 13.2 Å². The molecular weight excluding hydrogens is 296 g/mol. The van der Waals surface area contributed by atoms with Crippen LogP contribution in [0, 0.1) is 0 Å². The van der Waals surface area contributed by atoms with Crippen molar-refractivity contribution in [2.75, 3.05) is 19.8 Å². The van der Waals surface area contributed by atoms with Gasteiger partial charge in [0.1, 0.15) is 24.4 Å². The zero-order valence-corrected chi connectivity index (χ0v) is 14.4. The maximum Gasteiger partial charge on any atom is 0.114 e. The molecule has 1 aliphatic heterocycles. The minimum Gasteiger partial charge on any atom is -0.394 e. The summed E-state index contributed by atoms with van der Waals surface area (Å²) in [4.78, 5) is 0. The van der Waals surface area contributed by atoms with Crippen LogP contribution in [0.2, 0.25) is 0 Å². The summed E-state index contributed by atoms with van der Waals surface area (Å²) in [7, 11) is 0. The number of aliphatic hydroxyl groups excluding tert-OH is 3. The van der Waals surface area contributed by atoms with E-state index >= 15 is 0 Å². The molecule has 3 N–H and O–H groups in total. The lowest BCUT2D eigenvalue weighted by molar-refractivity contribution is -0.0996. The molecule has 0 saturated carbocycles. The van der Waals surface area contributed by atoms with Crippen molar-refractivity contribution in [1.82, 2.24) is 0 Å². The molecule has 1 aliphatic rings. The molecule has 0 amide bonds. The zero-order chi connectivity index (χ0) is 16.9. The molecule has 1 saturated heterocycles. The number of rotatable bonds is 13. The lowest BCUT2D eigenvalue weighted by atomic mass is 10.1. The van der Waals surface area contributed by atoms with Crippen LogP contribution in [0.5, 0.6) is 0 Å². The molecule has 0 bridgehead atoms. The number of aliphatic hydroxyl groups is 3. The van der Waals surface area contributed by atoms with Crippen molar-refractivity contribution in [1.29, 1.82) is 0 Å². The Morgan fingerprint density at radius 1 is 1.09 bits per heavy atom. The Bertz CT molecular complexity index is 308. The molecule has 4 atom stereocenters. The summed E-state index contributed by atoms with van der Waals surface area (Å²) in [5, 5.41) is 28.5. The molecule has 0 aromatic carbocycles. The van der Waals surface area contributed by atoms with Gasteiger partial charge in [-0.2, -0.15) is 0 Å². The fourth-order valence-electron chi connectivity index (χ4n) is 2.77. The molecule has 0 aromatic rings. The number of hydrogen-bond donors (Lipinski definition) is 3. The largest absolute Gasteiger partial charge is 0.394 e. The van der Waals surface area contributed by atoms with Gasteiger partial charge in [0.15, 0.2) is 0 Å². The molecule has 0 unspecified atom stereocenters. The van der Waals surface area contributed by atoms with Crippen LogP contribution in [0.1, 0.15) is 58.3 Å². The molecule has 1 heterocycles. The Kier molecular flexibility index (Phi) is 11.5. The number of ether oxygens (including phenoxy) is 2. The van der Waals surface area contributed by atoms with Crippen LogP contribution < -0.4 is 0 Å². The third kappa shape index (κ3) is 8.27. The smallest absolute Gasteiger partial charge is 0.114 e. The van der Waals surface area contributed by atoms with Crippen LogP contribution >= 0.6 is 0 Å². The van der Waals surface area contributed by atoms with Gasteiger partial charge in [-0.05, 0) is 19.3 Å². The van der Waals surface area contributed by atoms with Crippen molar-refractivity contribution in [3.63, 3.8) is 0 Å². The molecule has 136 valence electrons. The Morgan fingerprint density at radius 2 is 1.78 bits per heavy atom. The second kappa shape index (κ2) is 12.9. The minimum atomic E-state index is -0.990. The number of allylic oxidation sites excluding steroid dienone is 1. The van der Waals surface area contributed by atoms with Crippen molar-refractivity contribution >= 4 is 0 Å². The average Bonchev–Trinajstić information content (AvgIpc) is 2.88. The molecule has 0 aliphatic carbocycles. The first-order valence-corrected chi connectivity index (χ1v) is 9.05. The van der Waals surface area contributed by atoms with Gasteiger partial charge in [-0.1, -0.05) is 51.2 Å². The highest BCUT2D eigenvalue weighted by atomic mass is 16.6. The van der Waals surface area contributed by atoms with Crippen LogP contribution in [-0.2, 0) is 9.47 Å². The molecule has 5 nitrogen and oxygen atoms in total. The zero-order valence-electron chi connectivity index (χ0n) is 14.4. The van der Waals surface area contributed by atoms with Crippen molar-refractivity contribution in [3.8, 4) is 0 Å². The van der Waals surface area contributed by atoms with Crippen molar-refractivity contribution in [2.45, 2.75) is 82.7 Å². The van der Waals surface area contributed by atoms with E-state index in [4.69, 9.17) is 9.47 Å². The monoisotopic (exact) mass is 330 g/mol. The van der Waals surface area contributed by atoms with E-state index in [2.05, 4.69) is 19.1 Å². The summed E-state index contributed by atoms with van der Waals surface area (Å²) in [6, 6.07) is 0. The quantitative estimate of drug-likeness (QED) is 0.356. The predicted octanol–water partition coefficient (Wildman–Crippen LogP) is 2.18. The SMILES string of the molecule is CCCCCCCC/C=C/CCO[C@@H](CO)[C@@H]1OC[C@@H](O)[C@@H]1O. The van der Waals surface area contributed by atoms with E-state index in [1.54, 1.807) is 0 Å². The highest BCUT2D eigenvalue weighted by Gasteiger charge is 2.40. The second-order valence-corrected chi connectivity index (χ2v) is 6.26. The molecule has 0 spiro atoms. The standard InChI is InChI=1S/C18H34O5/c1-2-3-4-5-6-7-8-9-10-11-12-22-16(13-19)18-17(21)15(20)14-23-18/h9-10,15-21H,2-8,11-14H2,1H3/b10-9+/t15-,16+,17+,18+/m1/s1. The summed E-state index contributed by atoms with van der Waals surface area (Å²) >= 11 is 0. The van der Waals surface area contributed by atoms with Gasteiger partial charge in [-0.15, -0.1) is 0 Å². The van der Waals surface area contributed by atoms with Gasteiger partial charge in [-0.3, -0.25) is 0 Å². The van der Waals surface area contributed by atoms with Gasteiger partial charge >= 0.3 is 0 Å². The number of unbranched alkanes of at least 4 members (excludes halogenated alkanes) is 6. The van der Waals surface area contributed by atoms with Crippen molar-refractivity contribution < 1.29 is 24.8 Å². The minimum absolute atomic E-state index is 0.0872. The van der Waals surface area contributed by atoms with Gasteiger partial charge in [0.2, 0.25) is 0 Å². The molecule has 23 heavy (non-hydrogen) atoms. The molecular formula is C18H34O5. The van der Waals surface area contributed by atoms with E-state index < -0.39 is 24.4 Å². The van der Waals surface area contributed by atoms with Crippen LogP contribution in [0.4, 0.5) is 0 Å². The maximum absolute atomic E-state index is 9.76. The van der Waals surface area contributed by atoms with Gasteiger partial charge in [-0.25, -0.2) is 0 Å². The molecule has 5 heteroatoms. The third-order valence-electron chi connectivity index (χ3n) is 4.24. The molecule has 1 rings (SSSR count). The highest BCUT2D eigenvalue weighted by molar-refractivity contribution is 4.89. The first-order valence-electron chi connectivity index (χ1n) is 9.05. The number of hydrogen-bond acceptors (Lipinski definition) is 5. The predicted molar refractivity (Wildman–Crippen MR) is 90.3 cm³/mol. The Balaban J connectivity index is 2.03. The fourth-order valence-corrected chi connectivity index (χ4v) is 2.77. The maximum atomic E-state index is 9.76. The Hall–Kier alpha value is -0.460. The topological polar surface area (TPSA) is 79.2 Å². The summed E-state index contributed by atoms with van der Waals surface area (Å²) in [6.45, 7) is 2.56. The van der Waals surface area contributed by atoms with E-state index in [1.807, 2.05) is 0 Å². The van der Waals surface area contributed by atoms with Crippen LogP contribution in [0.15, 0.2) is 12.2 Å². The van der Waals surface area contributed by atoms with Crippen LogP contribution in [0.25, 0.3) is 0 Å². The van der Waals surface area contributed by atoms with Crippen LogP contribution in [-0.4, -0.2) is 59.6 Å². The average molecular weight is 330 g/mol. The molecule has 0 radical (unpaired) electrons. The second-order valence-electron chi connectivity index (χ2n) is 6.26. The van der Waals surface area contributed by atoms with Crippen LogP contribution in [0.3, 0.4) is 0 Å². The van der Waals surface area contributed by atoms with Crippen molar-refractivity contribution in [2.24, 2.45) is 0 Å². The van der Waals surface area contributed by atoms with Gasteiger partial charge in [0.25, 0.3) is 0 Å². The Labute approximate surface area is 140 Å². The first-order chi connectivity index (χ1) is 11.2. The Morgan fingerprint density at radius 3 is 2.43 bits per heavy atom. The molecule has 1 fully saturated rings. The van der Waals surface area contributed by atoms with E-state index in [9.17, 15) is 15.3 Å². The van der Waals surface area contributed by atoms with E-state index in [1.165, 1.54) is 38.5 Å². The first kappa shape index (κ1) is 20.6. The third-order valence-corrected chi connectivity index (χ3v) is 4.24. The summed E-state index contributed by atoms with van der Waals surface area (Å²) < 4.78 is 10.8. The summed E-state index contributed by atoms with van der Waals surface area (Å²) in [6.07, 6.45) is 10.9. The van der Waals surface area contributed by atoms with Crippen molar-refractivity contribution in [3.05, 3.63) is 12.2 Å². The van der Waals surface area contributed by atoms with Gasteiger partial charge in [0.05, 0.1) is 19.8 Å². The normalized spacial score (nSPS) is 26.2. The summed E-state index contributed by atoms with van der Waals surface area (Å²) in [5.74, 6) is 0. The lowest BCUT2D eigenvalue weighted by Crippen LogP contribution is -2.42. The fraction of sp³-hybridized carbons (Fsp3) is 0.889. The highest BCUT2D eigenvalue weighted by Crippen LogP contribution is 2.19. The van der Waals surface area contributed by atoms with E-state index in [0.29, 0.717) is 6.61 Å². The lowest BCUT2D eigenvalue weighted by Gasteiger charge is -2.24. The van der Waals surface area contributed by atoms with Gasteiger partial charge in [0, 0.05) is 0 Å².